The van der Waals surface area contributed by atoms with E-state index < -0.39 is 23.5 Å². The van der Waals surface area contributed by atoms with Gasteiger partial charge in [0, 0.05) is 0 Å². The van der Waals surface area contributed by atoms with Crippen molar-refractivity contribution in [3.05, 3.63) is 65.0 Å². The van der Waals surface area contributed by atoms with E-state index in [4.69, 9.17) is 0 Å². The van der Waals surface area contributed by atoms with Crippen molar-refractivity contribution in [1.29, 1.82) is 0 Å². The Morgan fingerprint density at radius 1 is 1.14 bits per heavy atom. The van der Waals surface area contributed by atoms with Gasteiger partial charge in [0.05, 0.1) is 11.5 Å². The zero-order valence-corrected chi connectivity index (χ0v) is 11.1. The Bertz CT molecular complexity index is 650. The molecule has 0 saturated carbocycles. The summed E-state index contributed by atoms with van der Waals surface area (Å²) in [5.41, 5.74) is -0.104. The summed E-state index contributed by atoms with van der Waals surface area (Å²) in [5, 5.41) is 0. The molecule has 1 aromatic carbocycles. The Hall–Kier alpha value is -2.17. The maximum absolute atomic E-state index is 13.4. The minimum Gasteiger partial charge on any atom is -0.294 e. The lowest BCUT2D eigenvalue weighted by molar-refractivity contribution is -0.137. The molecule has 110 valence electrons. The van der Waals surface area contributed by atoms with Crippen LogP contribution < -0.4 is 0 Å². The number of allylic oxidation sites excluding steroid dienone is 5. The van der Waals surface area contributed by atoms with Gasteiger partial charge in [-0.25, -0.2) is 4.39 Å². The van der Waals surface area contributed by atoms with E-state index in [1.807, 2.05) is 0 Å². The second-order valence-electron chi connectivity index (χ2n) is 4.75. The molecule has 1 aliphatic rings. The minimum absolute atomic E-state index is 0.325. The first-order valence-electron chi connectivity index (χ1n) is 6.25. The molecule has 0 bridgehead atoms. The predicted molar refractivity (Wildman–Crippen MR) is 71.9 cm³/mol. The molecule has 1 aliphatic carbocycles. The average molecular weight is 296 g/mol. The van der Waals surface area contributed by atoms with Gasteiger partial charge in [-0.2, -0.15) is 13.2 Å². The van der Waals surface area contributed by atoms with Gasteiger partial charge >= 0.3 is 6.18 Å². The van der Waals surface area contributed by atoms with E-state index in [1.54, 1.807) is 0 Å². The summed E-state index contributed by atoms with van der Waals surface area (Å²) < 4.78 is 51.1. The standard InChI is InChI=1S/C16H12F4O/c1-10-14(17)8-12(9-15(10)21)6-5-11-3-2-4-13(7-11)16(18,19)20/h2-10H,1H3/b6-5+. The smallest absolute Gasteiger partial charge is 0.294 e. The van der Waals surface area contributed by atoms with E-state index >= 15 is 0 Å². The van der Waals surface area contributed by atoms with Gasteiger partial charge in [-0.05, 0) is 42.3 Å². The molecule has 0 spiro atoms. The molecule has 1 aromatic rings. The van der Waals surface area contributed by atoms with Crippen LogP contribution >= 0.6 is 0 Å². The van der Waals surface area contributed by atoms with Crippen molar-refractivity contribution < 1.29 is 22.4 Å². The summed E-state index contributed by atoms with van der Waals surface area (Å²) in [6, 6.07) is 4.76. The molecule has 0 N–H and O–H groups in total. The summed E-state index contributed by atoms with van der Waals surface area (Å²) in [7, 11) is 0. The third-order valence-electron chi connectivity index (χ3n) is 3.14. The molecule has 0 radical (unpaired) electrons. The van der Waals surface area contributed by atoms with Gasteiger partial charge in [0.25, 0.3) is 0 Å². The van der Waals surface area contributed by atoms with E-state index in [0.717, 1.165) is 12.1 Å². The van der Waals surface area contributed by atoms with Crippen LogP contribution in [-0.4, -0.2) is 5.78 Å². The fourth-order valence-corrected chi connectivity index (χ4v) is 1.86. The highest BCUT2D eigenvalue weighted by atomic mass is 19.4. The van der Waals surface area contributed by atoms with Crippen LogP contribution in [-0.2, 0) is 11.0 Å². The number of hydrogen-bond acceptors (Lipinski definition) is 1. The van der Waals surface area contributed by atoms with Crippen molar-refractivity contribution in [2.24, 2.45) is 5.92 Å². The maximum atomic E-state index is 13.4. The molecular weight excluding hydrogens is 284 g/mol. The van der Waals surface area contributed by atoms with E-state index in [9.17, 15) is 22.4 Å². The van der Waals surface area contributed by atoms with Gasteiger partial charge in [-0.1, -0.05) is 24.3 Å². The molecular formula is C16H12F4O. The van der Waals surface area contributed by atoms with Crippen molar-refractivity contribution in [3.63, 3.8) is 0 Å². The third-order valence-corrected chi connectivity index (χ3v) is 3.14. The monoisotopic (exact) mass is 296 g/mol. The molecule has 0 saturated heterocycles. The van der Waals surface area contributed by atoms with Crippen molar-refractivity contribution in [2.45, 2.75) is 13.1 Å². The molecule has 1 nitrogen and oxygen atoms in total. The highest BCUT2D eigenvalue weighted by Gasteiger charge is 2.30. The van der Waals surface area contributed by atoms with Crippen LogP contribution in [0.3, 0.4) is 0 Å². The van der Waals surface area contributed by atoms with E-state index in [1.165, 1.54) is 43.4 Å². The maximum Gasteiger partial charge on any atom is 0.416 e. The molecule has 0 aliphatic heterocycles. The van der Waals surface area contributed by atoms with Gasteiger partial charge < -0.3 is 0 Å². The number of rotatable bonds is 2. The number of benzene rings is 1. The van der Waals surface area contributed by atoms with Crippen LogP contribution in [0.2, 0.25) is 0 Å². The molecule has 0 amide bonds. The third kappa shape index (κ3) is 3.68. The fourth-order valence-electron chi connectivity index (χ4n) is 1.86. The van der Waals surface area contributed by atoms with Crippen molar-refractivity contribution in [3.8, 4) is 0 Å². The van der Waals surface area contributed by atoms with Gasteiger partial charge in [0.2, 0.25) is 0 Å². The molecule has 0 heterocycles. The summed E-state index contributed by atoms with van der Waals surface area (Å²) in [6.07, 6.45) is 0.895. The lowest BCUT2D eigenvalue weighted by atomic mass is 9.95. The van der Waals surface area contributed by atoms with Gasteiger partial charge in [-0.3, -0.25) is 4.79 Å². The van der Waals surface area contributed by atoms with Crippen molar-refractivity contribution in [1.82, 2.24) is 0 Å². The molecule has 1 atom stereocenters. The highest BCUT2D eigenvalue weighted by Crippen LogP contribution is 2.30. The first-order valence-corrected chi connectivity index (χ1v) is 6.25. The van der Waals surface area contributed by atoms with E-state index in [-0.39, 0.29) is 5.78 Å². The second kappa shape index (κ2) is 5.68. The van der Waals surface area contributed by atoms with Crippen LogP contribution in [0.15, 0.2) is 53.9 Å². The largest absolute Gasteiger partial charge is 0.416 e. The van der Waals surface area contributed by atoms with Crippen LogP contribution in [0.4, 0.5) is 17.6 Å². The number of carbonyl (C=O) groups is 1. The Balaban J connectivity index is 2.23. The topological polar surface area (TPSA) is 17.1 Å². The van der Waals surface area contributed by atoms with Crippen LogP contribution in [0.25, 0.3) is 6.08 Å². The molecule has 5 heteroatoms. The number of ketones is 1. The fraction of sp³-hybridized carbons (Fsp3) is 0.188. The second-order valence-corrected chi connectivity index (χ2v) is 4.75. The molecule has 2 rings (SSSR count). The highest BCUT2D eigenvalue weighted by molar-refractivity contribution is 5.96. The molecule has 0 aromatic heterocycles. The summed E-state index contributed by atoms with van der Waals surface area (Å²) in [4.78, 5) is 11.5. The quantitative estimate of drug-likeness (QED) is 0.722. The number of halogens is 4. The zero-order chi connectivity index (χ0) is 15.6. The van der Waals surface area contributed by atoms with Gasteiger partial charge in [0.1, 0.15) is 5.83 Å². The molecule has 0 fully saturated rings. The summed E-state index contributed by atoms with van der Waals surface area (Å²) >= 11 is 0. The van der Waals surface area contributed by atoms with Crippen molar-refractivity contribution >= 4 is 11.9 Å². The predicted octanol–water partition coefficient (Wildman–Crippen LogP) is 4.72. The van der Waals surface area contributed by atoms with Crippen LogP contribution in [0.5, 0.6) is 0 Å². The average Bonchev–Trinajstić information content (AvgIpc) is 2.42. The lowest BCUT2D eigenvalue weighted by Crippen LogP contribution is -2.12. The summed E-state index contributed by atoms with van der Waals surface area (Å²) in [6.45, 7) is 1.46. The molecule has 21 heavy (non-hydrogen) atoms. The SMILES string of the molecule is CC1C(=O)C=C(/C=C/c2cccc(C(F)(F)F)c2)C=C1F. The van der Waals surface area contributed by atoms with E-state index in [0.29, 0.717) is 11.1 Å². The summed E-state index contributed by atoms with van der Waals surface area (Å²) in [5.74, 6) is -1.71. The minimum atomic E-state index is -4.41. The van der Waals surface area contributed by atoms with Gasteiger partial charge in [0.15, 0.2) is 5.78 Å². The number of alkyl halides is 3. The first kappa shape index (κ1) is 15.2. The van der Waals surface area contributed by atoms with E-state index in [2.05, 4.69) is 0 Å². The number of hydrogen-bond donors (Lipinski definition) is 0. The molecule has 1 unspecified atom stereocenters. The number of carbonyl (C=O) groups excluding carboxylic acids is 1. The Kier molecular flexibility index (Phi) is 4.11. The first-order chi connectivity index (χ1) is 9.77. The Labute approximate surface area is 119 Å². The van der Waals surface area contributed by atoms with Crippen LogP contribution in [0.1, 0.15) is 18.1 Å². The Morgan fingerprint density at radius 2 is 1.86 bits per heavy atom. The van der Waals surface area contributed by atoms with Gasteiger partial charge in [-0.15, -0.1) is 0 Å². The Morgan fingerprint density at radius 3 is 2.48 bits per heavy atom. The van der Waals surface area contributed by atoms with Crippen molar-refractivity contribution in [2.75, 3.05) is 0 Å². The van der Waals surface area contributed by atoms with Crippen LogP contribution in [0, 0.1) is 5.92 Å². The zero-order valence-electron chi connectivity index (χ0n) is 11.1. The lowest BCUT2D eigenvalue weighted by Gasteiger charge is -2.11. The normalized spacial score (nSPS) is 19.7.